The highest BCUT2D eigenvalue weighted by atomic mass is 32.2. The van der Waals surface area contributed by atoms with Gasteiger partial charge in [0, 0.05) is 16.8 Å². The van der Waals surface area contributed by atoms with Gasteiger partial charge in [0.25, 0.3) is 0 Å². The van der Waals surface area contributed by atoms with Crippen molar-refractivity contribution in [3.8, 4) is 22.5 Å². The quantitative estimate of drug-likeness (QED) is 0.256. The maximum Gasteiger partial charge on any atom is 0.234 e. The number of benzene rings is 3. The summed E-state index contributed by atoms with van der Waals surface area (Å²) in [6, 6.07) is 30.0. The Bertz CT molecular complexity index is 1160. The standard InChI is InChI=1S/C28H27N3OS/c1-28(2,3)22-14-16-23(17-15-22)29-26(32)19-33-27-30-24(20-10-6-4-7-11-20)18-25(31-27)21-12-8-5-9-13-21/h4-18H,19H2,1-3H3,(H,29,32). The minimum Gasteiger partial charge on any atom is -0.325 e. The molecule has 1 N–H and O–H groups in total. The number of aromatic nitrogens is 2. The minimum absolute atomic E-state index is 0.0793. The molecule has 0 aliphatic carbocycles. The molecule has 4 aromatic rings. The molecule has 0 saturated carbocycles. The van der Waals surface area contributed by atoms with E-state index < -0.39 is 0 Å². The Labute approximate surface area is 199 Å². The lowest BCUT2D eigenvalue weighted by atomic mass is 9.87. The summed E-state index contributed by atoms with van der Waals surface area (Å²) in [7, 11) is 0. The molecule has 4 nitrogen and oxygen atoms in total. The van der Waals surface area contributed by atoms with E-state index in [4.69, 9.17) is 9.97 Å². The number of anilines is 1. The van der Waals surface area contributed by atoms with Gasteiger partial charge in [-0.1, -0.05) is 105 Å². The van der Waals surface area contributed by atoms with Crippen LogP contribution in [0.1, 0.15) is 26.3 Å². The zero-order chi connectivity index (χ0) is 23.3. The molecule has 3 aromatic carbocycles. The van der Waals surface area contributed by atoms with Gasteiger partial charge < -0.3 is 5.32 Å². The lowest BCUT2D eigenvalue weighted by Crippen LogP contribution is -2.15. The first kappa shape index (κ1) is 22.7. The summed E-state index contributed by atoms with van der Waals surface area (Å²) in [4.78, 5) is 22.0. The van der Waals surface area contributed by atoms with Crippen molar-refractivity contribution in [1.29, 1.82) is 0 Å². The number of hydrogen-bond acceptors (Lipinski definition) is 4. The minimum atomic E-state index is -0.0847. The largest absolute Gasteiger partial charge is 0.325 e. The van der Waals surface area contributed by atoms with E-state index in [-0.39, 0.29) is 17.1 Å². The van der Waals surface area contributed by atoms with Crippen LogP contribution in [0.5, 0.6) is 0 Å². The Morgan fingerprint density at radius 1 is 0.788 bits per heavy atom. The topological polar surface area (TPSA) is 54.9 Å². The molecule has 0 atom stereocenters. The summed E-state index contributed by atoms with van der Waals surface area (Å²) in [6.07, 6.45) is 0. The number of thioether (sulfide) groups is 1. The van der Waals surface area contributed by atoms with Gasteiger partial charge in [0.05, 0.1) is 17.1 Å². The van der Waals surface area contributed by atoms with Crippen molar-refractivity contribution in [3.05, 3.63) is 96.6 Å². The van der Waals surface area contributed by atoms with E-state index in [1.54, 1.807) is 0 Å². The molecule has 0 radical (unpaired) electrons. The Morgan fingerprint density at radius 2 is 1.30 bits per heavy atom. The second-order valence-corrected chi connectivity index (χ2v) is 9.76. The normalized spacial score (nSPS) is 11.2. The van der Waals surface area contributed by atoms with Crippen molar-refractivity contribution >= 4 is 23.4 Å². The van der Waals surface area contributed by atoms with Crippen molar-refractivity contribution in [2.45, 2.75) is 31.3 Å². The summed E-state index contributed by atoms with van der Waals surface area (Å²) in [5.41, 5.74) is 5.81. The van der Waals surface area contributed by atoms with E-state index in [1.165, 1.54) is 17.3 Å². The van der Waals surface area contributed by atoms with E-state index in [1.807, 2.05) is 78.9 Å². The van der Waals surface area contributed by atoms with Gasteiger partial charge in [-0.3, -0.25) is 4.79 Å². The highest BCUT2D eigenvalue weighted by Crippen LogP contribution is 2.27. The van der Waals surface area contributed by atoms with Gasteiger partial charge in [0.15, 0.2) is 5.16 Å². The number of amides is 1. The van der Waals surface area contributed by atoms with Crippen LogP contribution < -0.4 is 5.32 Å². The summed E-state index contributed by atoms with van der Waals surface area (Å²) in [5.74, 6) is 0.145. The van der Waals surface area contributed by atoms with Crippen LogP contribution >= 0.6 is 11.8 Å². The fourth-order valence-corrected chi connectivity index (χ4v) is 4.04. The molecule has 0 saturated heterocycles. The number of rotatable bonds is 6. The zero-order valence-electron chi connectivity index (χ0n) is 19.1. The summed E-state index contributed by atoms with van der Waals surface area (Å²) in [6.45, 7) is 6.51. The zero-order valence-corrected chi connectivity index (χ0v) is 19.9. The van der Waals surface area contributed by atoms with E-state index in [9.17, 15) is 4.79 Å². The first-order chi connectivity index (χ1) is 15.9. The average molecular weight is 454 g/mol. The highest BCUT2D eigenvalue weighted by molar-refractivity contribution is 7.99. The number of hydrogen-bond donors (Lipinski definition) is 1. The predicted octanol–water partition coefficient (Wildman–Crippen LogP) is 6.84. The van der Waals surface area contributed by atoms with E-state index in [0.29, 0.717) is 5.16 Å². The molecule has 0 unspecified atom stereocenters. The van der Waals surface area contributed by atoms with E-state index in [0.717, 1.165) is 28.2 Å². The SMILES string of the molecule is CC(C)(C)c1ccc(NC(=O)CSc2nc(-c3ccccc3)cc(-c3ccccc3)n2)cc1. The van der Waals surface area contributed by atoms with Gasteiger partial charge in [-0.05, 0) is 29.2 Å². The Morgan fingerprint density at radius 3 is 1.79 bits per heavy atom. The molecule has 0 bridgehead atoms. The molecule has 33 heavy (non-hydrogen) atoms. The third-order valence-electron chi connectivity index (χ3n) is 5.21. The lowest BCUT2D eigenvalue weighted by Gasteiger charge is -2.19. The van der Waals surface area contributed by atoms with Gasteiger partial charge in [-0.2, -0.15) is 0 Å². The smallest absolute Gasteiger partial charge is 0.234 e. The molecule has 0 aliphatic heterocycles. The molecule has 0 fully saturated rings. The maximum absolute atomic E-state index is 12.6. The van der Waals surface area contributed by atoms with Crippen LogP contribution in [0, 0.1) is 0 Å². The second kappa shape index (κ2) is 10.0. The van der Waals surface area contributed by atoms with Crippen LogP contribution in [0.25, 0.3) is 22.5 Å². The molecule has 1 aromatic heterocycles. The van der Waals surface area contributed by atoms with Crippen molar-refractivity contribution in [2.24, 2.45) is 0 Å². The van der Waals surface area contributed by atoms with Crippen LogP contribution in [0.3, 0.4) is 0 Å². The Kier molecular flexibility index (Phi) is 6.90. The first-order valence-corrected chi connectivity index (χ1v) is 11.9. The molecule has 166 valence electrons. The average Bonchev–Trinajstić information content (AvgIpc) is 2.83. The van der Waals surface area contributed by atoms with E-state index in [2.05, 4.69) is 38.2 Å². The van der Waals surface area contributed by atoms with Gasteiger partial charge in [-0.25, -0.2) is 9.97 Å². The van der Waals surface area contributed by atoms with Crippen molar-refractivity contribution < 1.29 is 4.79 Å². The Balaban J connectivity index is 1.50. The third-order valence-corrected chi connectivity index (χ3v) is 6.06. The van der Waals surface area contributed by atoms with Gasteiger partial charge >= 0.3 is 0 Å². The van der Waals surface area contributed by atoms with Crippen LogP contribution in [-0.2, 0) is 10.2 Å². The number of carbonyl (C=O) groups is 1. The second-order valence-electron chi connectivity index (χ2n) is 8.82. The van der Waals surface area contributed by atoms with Gasteiger partial charge in [0.1, 0.15) is 0 Å². The molecular weight excluding hydrogens is 426 g/mol. The summed E-state index contributed by atoms with van der Waals surface area (Å²) >= 11 is 1.34. The first-order valence-electron chi connectivity index (χ1n) is 10.9. The fourth-order valence-electron chi connectivity index (χ4n) is 3.38. The highest BCUT2D eigenvalue weighted by Gasteiger charge is 2.14. The Hall–Kier alpha value is -3.44. The molecule has 5 heteroatoms. The molecule has 0 aliphatic rings. The van der Waals surface area contributed by atoms with Crippen LogP contribution in [-0.4, -0.2) is 21.6 Å². The van der Waals surface area contributed by atoms with Crippen molar-refractivity contribution in [2.75, 3.05) is 11.1 Å². The van der Waals surface area contributed by atoms with Crippen LogP contribution in [0.4, 0.5) is 5.69 Å². The predicted molar refractivity (Wildman–Crippen MR) is 137 cm³/mol. The van der Waals surface area contributed by atoms with Gasteiger partial charge in [-0.15, -0.1) is 0 Å². The number of nitrogens with zero attached hydrogens (tertiary/aromatic N) is 2. The molecule has 1 heterocycles. The molecule has 1 amide bonds. The third kappa shape index (κ3) is 6.08. The summed E-state index contributed by atoms with van der Waals surface area (Å²) in [5, 5.41) is 3.55. The number of nitrogens with one attached hydrogen (secondary N) is 1. The molecular formula is C28H27N3OS. The molecule has 0 spiro atoms. The number of carbonyl (C=O) groups excluding carboxylic acids is 1. The van der Waals surface area contributed by atoms with Gasteiger partial charge in [0.2, 0.25) is 5.91 Å². The molecule has 4 rings (SSSR count). The fraction of sp³-hybridized carbons (Fsp3) is 0.179. The maximum atomic E-state index is 12.6. The van der Waals surface area contributed by atoms with Crippen LogP contribution in [0.15, 0.2) is 96.2 Å². The van der Waals surface area contributed by atoms with E-state index >= 15 is 0 Å². The van der Waals surface area contributed by atoms with Crippen LogP contribution in [0.2, 0.25) is 0 Å². The summed E-state index contributed by atoms with van der Waals surface area (Å²) < 4.78 is 0. The van der Waals surface area contributed by atoms with Crippen molar-refractivity contribution in [3.63, 3.8) is 0 Å². The lowest BCUT2D eigenvalue weighted by molar-refractivity contribution is -0.113. The van der Waals surface area contributed by atoms with Crippen molar-refractivity contribution in [1.82, 2.24) is 9.97 Å². The monoisotopic (exact) mass is 453 g/mol.